The fourth-order valence-corrected chi connectivity index (χ4v) is 0.947. The summed E-state index contributed by atoms with van der Waals surface area (Å²) in [6, 6.07) is 5.64. The minimum absolute atomic E-state index is 0.705. The Hall–Kier alpha value is -1.58. The largest absolute Gasteiger partial charge is 0.145 e. The first kappa shape index (κ1) is 6.15. The fourth-order valence-electron chi connectivity index (χ4n) is 0.947. The molecular weight excluding hydrogens is 144 g/mol. The molecular formula is C7H6N2O2. The molecule has 0 bridgehead atoms. The molecule has 0 spiro atoms. The molecule has 0 saturated heterocycles. The molecule has 0 radical (unpaired) electrons. The molecule has 1 heterocycles. The van der Waals surface area contributed by atoms with Gasteiger partial charge in [-0.25, -0.2) is 0 Å². The second-order valence-electron chi connectivity index (χ2n) is 2.27. The quantitative estimate of drug-likeness (QED) is 0.489. The summed E-state index contributed by atoms with van der Waals surface area (Å²) in [5, 5.41) is 8.75. The monoisotopic (exact) mass is 150 g/mol. The summed E-state index contributed by atoms with van der Waals surface area (Å²) in [5.74, 6) is 0. The number of benzene rings is 1. The molecule has 11 heavy (non-hydrogen) atoms. The van der Waals surface area contributed by atoms with E-state index in [1.54, 1.807) is 0 Å². The van der Waals surface area contributed by atoms with Gasteiger partial charge >= 0.3 is 0 Å². The average Bonchev–Trinajstić information content (AvgIpc) is 2.06. The molecule has 4 heteroatoms. The van der Waals surface area contributed by atoms with Crippen LogP contribution in [-0.4, -0.2) is 0 Å². The van der Waals surface area contributed by atoms with Crippen LogP contribution in [-0.2, 0) is 9.98 Å². The molecule has 1 aromatic rings. The Bertz CT molecular complexity index is 386. The van der Waals surface area contributed by atoms with Crippen LogP contribution in [0.3, 0.4) is 0 Å². The third-order valence-corrected chi connectivity index (χ3v) is 1.51. The first-order valence-corrected chi connectivity index (χ1v) is 3.22. The minimum Gasteiger partial charge on any atom is -0.145 e. The molecule has 0 aromatic heterocycles. The van der Waals surface area contributed by atoms with Gasteiger partial charge in [-0.2, -0.15) is 0 Å². The Labute approximate surface area is 62.6 Å². The average molecular weight is 150 g/mol. The molecule has 0 fully saturated rings. The molecule has 1 aromatic carbocycles. The van der Waals surface area contributed by atoms with Crippen LogP contribution < -0.4 is 10.7 Å². The van der Waals surface area contributed by atoms with E-state index in [2.05, 4.69) is 20.3 Å². The van der Waals surface area contributed by atoms with Gasteiger partial charge in [0.25, 0.3) is 0 Å². The lowest BCUT2D eigenvalue weighted by molar-refractivity contribution is -0.309. The van der Waals surface area contributed by atoms with E-state index in [-0.39, 0.29) is 0 Å². The van der Waals surface area contributed by atoms with Gasteiger partial charge in [-0.3, -0.25) is 0 Å². The van der Waals surface area contributed by atoms with E-state index in [9.17, 15) is 0 Å². The Morgan fingerprint density at radius 1 is 1.18 bits per heavy atom. The highest BCUT2D eigenvalue weighted by atomic mass is 17.3. The van der Waals surface area contributed by atoms with Gasteiger partial charge in [-0.05, 0) is 28.9 Å². The van der Waals surface area contributed by atoms with E-state index < -0.39 is 0 Å². The SMILES string of the molecule is Cc1cccc2c1=NOON=2. The van der Waals surface area contributed by atoms with Crippen LogP contribution >= 0.6 is 0 Å². The van der Waals surface area contributed by atoms with Gasteiger partial charge in [-0.1, -0.05) is 12.1 Å². The summed E-state index contributed by atoms with van der Waals surface area (Å²) in [6.07, 6.45) is 0. The minimum atomic E-state index is 0.705. The molecule has 0 unspecified atom stereocenters. The molecule has 0 atom stereocenters. The summed E-state index contributed by atoms with van der Waals surface area (Å²) in [7, 11) is 0. The van der Waals surface area contributed by atoms with E-state index in [4.69, 9.17) is 0 Å². The molecule has 0 saturated carbocycles. The summed E-state index contributed by atoms with van der Waals surface area (Å²) in [5.41, 5.74) is 1.02. The van der Waals surface area contributed by atoms with Crippen LogP contribution in [0.15, 0.2) is 28.5 Å². The highest BCUT2D eigenvalue weighted by molar-refractivity contribution is 5.11. The van der Waals surface area contributed by atoms with E-state index >= 15 is 0 Å². The lowest BCUT2D eigenvalue weighted by Crippen LogP contribution is -2.30. The van der Waals surface area contributed by atoms with Gasteiger partial charge < -0.3 is 0 Å². The lowest BCUT2D eigenvalue weighted by Gasteiger charge is -1.98. The maximum atomic E-state index is 4.34. The van der Waals surface area contributed by atoms with Crippen molar-refractivity contribution in [2.24, 2.45) is 10.3 Å². The number of nitrogens with zero attached hydrogens (tertiary/aromatic N) is 2. The van der Waals surface area contributed by atoms with Gasteiger partial charge in [0.15, 0.2) is 0 Å². The Kier molecular flexibility index (Phi) is 1.25. The molecule has 0 aliphatic carbocycles. The highest BCUT2D eigenvalue weighted by Crippen LogP contribution is 1.88. The maximum Gasteiger partial charge on any atom is 0.140 e. The normalized spacial score (nSPS) is 13.2. The number of hydrogen-bond acceptors (Lipinski definition) is 4. The van der Waals surface area contributed by atoms with Crippen LogP contribution in [0.2, 0.25) is 0 Å². The fraction of sp³-hybridized carbons (Fsp3) is 0.143. The van der Waals surface area contributed by atoms with Crippen molar-refractivity contribution in [3.63, 3.8) is 0 Å². The Morgan fingerprint density at radius 2 is 2.00 bits per heavy atom. The molecule has 0 amide bonds. The van der Waals surface area contributed by atoms with Crippen LogP contribution in [0.1, 0.15) is 5.56 Å². The van der Waals surface area contributed by atoms with Crippen LogP contribution in [0.4, 0.5) is 0 Å². The molecule has 0 N–H and O–H groups in total. The highest BCUT2D eigenvalue weighted by Gasteiger charge is 1.99. The molecule has 1 aliphatic rings. The van der Waals surface area contributed by atoms with Crippen molar-refractivity contribution in [2.45, 2.75) is 6.92 Å². The van der Waals surface area contributed by atoms with Gasteiger partial charge in [0.05, 0.1) is 0 Å². The summed E-state index contributed by atoms with van der Waals surface area (Å²) < 4.78 is 0. The van der Waals surface area contributed by atoms with Crippen LogP contribution in [0.5, 0.6) is 0 Å². The number of aryl methyl sites for hydroxylation is 1. The molecule has 56 valence electrons. The lowest BCUT2D eigenvalue weighted by atomic mass is 10.2. The summed E-state index contributed by atoms with van der Waals surface area (Å²) in [6.45, 7) is 1.94. The third kappa shape index (κ3) is 0.920. The Morgan fingerprint density at radius 3 is 2.82 bits per heavy atom. The van der Waals surface area contributed by atoms with Crippen molar-refractivity contribution in [1.82, 2.24) is 0 Å². The molecule has 2 rings (SSSR count). The van der Waals surface area contributed by atoms with Crippen molar-refractivity contribution in [1.29, 1.82) is 0 Å². The van der Waals surface area contributed by atoms with E-state index in [0.29, 0.717) is 5.36 Å². The number of fused-ring (bicyclic) bond motifs is 1. The second kappa shape index (κ2) is 2.23. The van der Waals surface area contributed by atoms with E-state index in [1.165, 1.54) is 0 Å². The third-order valence-electron chi connectivity index (χ3n) is 1.51. The molecule has 4 nitrogen and oxygen atoms in total. The van der Waals surface area contributed by atoms with Gasteiger partial charge in [0.1, 0.15) is 10.7 Å². The first-order chi connectivity index (χ1) is 5.38. The van der Waals surface area contributed by atoms with Gasteiger partial charge in [-0.15, -0.1) is 9.98 Å². The van der Waals surface area contributed by atoms with Gasteiger partial charge in [0.2, 0.25) is 0 Å². The Balaban J connectivity index is 2.88. The van der Waals surface area contributed by atoms with Crippen LogP contribution in [0.25, 0.3) is 0 Å². The van der Waals surface area contributed by atoms with Crippen molar-refractivity contribution in [3.05, 3.63) is 34.5 Å². The smallest absolute Gasteiger partial charge is 0.140 e. The van der Waals surface area contributed by atoms with Crippen LogP contribution in [0, 0.1) is 6.92 Å². The topological polar surface area (TPSA) is 43.2 Å². The summed E-state index contributed by atoms with van der Waals surface area (Å²) >= 11 is 0. The molecule has 1 aliphatic heterocycles. The second-order valence-corrected chi connectivity index (χ2v) is 2.27. The van der Waals surface area contributed by atoms with Gasteiger partial charge in [0, 0.05) is 0 Å². The predicted octanol–water partition coefficient (Wildman–Crippen LogP) is 0.0260. The predicted molar refractivity (Wildman–Crippen MR) is 35.7 cm³/mol. The van der Waals surface area contributed by atoms with E-state index in [1.807, 2.05) is 25.1 Å². The van der Waals surface area contributed by atoms with Crippen molar-refractivity contribution < 1.29 is 9.98 Å². The first-order valence-electron chi connectivity index (χ1n) is 3.22. The van der Waals surface area contributed by atoms with Crippen molar-refractivity contribution in [2.75, 3.05) is 0 Å². The van der Waals surface area contributed by atoms with E-state index in [0.717, 1.165) is 10.9 Å². The summed E-state index contributed by atoms with van der Waals surface area (Å²) in [4.78, 5) is 8.64. The number of hydrogen-bond donors (Lipinski definition) is 0. The van der Waals surface area contributed by atoms with Crippen molar-refractivity contribution >= 4 is 0 Å². The zero-order valence-corrected chi connectivity index (χ0v) is 5.94. The van der Waals surface area contributed by atoms with Crippen molar-refractivity contribution in [3.8, 4) is 0 Å². The standard InChI is InChI=1S/C7H6N2O2/c1-5-3-2-4-6-7(5)9-11-10-8-6/h2-4H,1H3. The maximum absolute atomic E-state index is 4.34. The number of rotatable bonds is 0. The zero-order chi connectivity index (χ0) is 7.68. The zero-order valence-electron chi connectivity index (χ0n) is 5.94.